The lowest BCUT2D eigenvalue weighted by atomic mass is 9.93. The number of anilines is 1. The van der Waals surface area contributed by atoms with E-state index >= 15 is 0 Å². The monoisotopic (exact) mass is 454 g/mol. The molecular weight excluding hydrogens is 432 g/mol. The number of methoxy groups -OCH3 is 1. The van der Waals surface area contributed by atoms with Crippen molar-refractivity contribution in [3.8, 4) is 5.75 Å². The van der Waals surface area contributed by atoms with Gasteiger partial charge in [0, 0.05) is 18.0 Å². The first-order valence-corrected chi connectivity index (χ1v) is 10.7. The Hall–Kier alpha value is -4.46. The van der Waals surface area contributed by atoms with Crippen LogP contribution in [0.5, 0.6) is 5.75 Å². The summed E-state index contributed by atoms with van der Waals surface area (Å²) in [6.45, 7) is 3.66. The van der Waals surface area contributed by atoms with E-state index in [1.54, 1.807) is 43.8 Å². The highest BCUT2D eigenvalue weighted by Crippen LogP contribution is 2.42. The second-order valence-electron chi connectivity index (χ2n) is 8.16. The van der Waals surface area contributed by atoms with Crippen LogP contribution in [0.4, 0.5) is 5.95 Å². The second-order valence-corrected chi connectivity index (χ2v) is 8.16. The van der Waals surface area contributed by atoms with E-state index in [0.717, 1.165) is 11.1 Å². The van der Waals surface area contributed by atoms with Gasteiger partial charge in [-0.15, -0.1) is 0 Å². The van der Waals surface area contributed by atoms with Crippen LogP contribution in [0.2, 0.25) is 0 Å². The zero-order valence-corrected chi connectivity index (χ0v) is 18.9. The Morgan fingerprint density at radius 3 is 2.50 bits per heavy atom. The summed E-state index contributed by atoms with van der Waals surface area (Å²) in [5.41, 5.74) is 3.97. The van der Waals surface area contributed by atoms with Gasteiger partial charge in [0.25, 0.3) is 5.78 Å². The first kappa shape index (κ1) is 21.4. The number of benzene rings is 2. The summed E-state index contributed by atoms with van der Waals surface area (Å²) in [6.07, 6.45) is 3.16. The number of hydrogen-bond acceptors (Lipinski definition) is 6. The molecule has 1 unspecified atom stereocenters. The van der Waals surface area contributed by atoms with Crippen LogP contribution in [0.15, 0.2) is 66.5 Å². The summed E-state index contributed by atoms with van der Waals surface area (Å²) in [7, 11) is 1.57. The predicted molar refractivity (Wildman–Crippen MR) is 128 cm³/mol. The van der Waals surface area contributed by atoms with Crippen molar-refractivity contribution in [2.45, 2.75) is 19.9 Å². The number of carbonyl (C=O) groups is 2. The molecule has 34 heavy (non-hydrogen) atoms. The number of amides is 1. The molecule has 1 saturated heterocycles. The van der Waals surface area contributed by atoms with E-state index in [4.69, 9.17) is 4.74 Å². The van der Waals surface area contributed by atoms with Gasteiger partial charge in [-0.3, -0.25) is 19.5 Å². The minimum absolute atomic E-state index is 0.00989. The van der Waals surface area contributed by atoms with Crippen molar-refractivity contribution in [3.05, 3.63) is 88.8 Å². The Labute approximate surface area is 195 Å². The number of hydrogen-bond donors (Lipinski definition) is 2. The largest absolute Gasteiger partial charge is 0.507 e. The number of nitrogens with one attached hydrogen (secondary N) is 1. The highest BCUT2D eigenvalue weighted by Gasteiger charge is 2.48. The molecule has 170 valence electrons. The van der Waals surface area contributed by atoms with Crippen molar-refractivity contribution in [1.82, 2.24) is 15.0 Å². The first-order valence-electron chi connectivity index (χ1n) is 10.7. The number of fused-ring (bicyclic) bond motifs is 1. The van der Waals surface area contributed by atoms with Gasteiger partial charge in [0.1, 0.15) is 11.5 Å². The molecule has 4 aromatic rings. The lowest BCUT2D eigenvalue weighted by Gasteiger charge is -2.23. The normalized spacial score (nSPS) is 17.5. The number of pyridine rings is 1. The highest BCUT2D eigenvalue weighted by molar-refractivity contribution is 6.51. The van der Waals surface area contributed by atoms with Gasteiger partial charge in [-0.05, 0) is 66.9 Å². The standard InChI is InChI=1S/C26H22N4O4/c1-14-13-20(34-3)15(2)12-17(14)23(31)21-22(16-8-10-27-11-9-16)30(25(33)24(21)32)26-28-18-6-4-5-7-19(18)29-26/h4-13,22,31H,1-3H3,(H,28,29)/b23-21+. The third-order valence-corrected chi connectivity index (χ3v) is 6.07. The second kappa shape index (κ2) is 8.15. The molecule has 1 aliphatic heterocycles. The van der Waals surface area contributed by atoms with Crippen molar-refractivity contribution in [2.75, 3.05) is 12.0 Å². The molecule has 0 spiro atoms. The molecule has 0 bridgehead atoms. The number of aliphatic hydroxyl groups excluding tert-OH is 1. The van der Waals surface area contributed by atoms with E-state index < -0.39 is 17.7 Å². The molecule has 0 aliphatic carbocycles. The molecule has 8 nitrogen and oxygen atoms in total. The molecule has 1 amide bonds. The number of aliphatic hydroxyl groups is 1. The Bertz CT molecular complexity index is 1440. The molecule has 1 atom stereocenters. The van der Waals surface area contributed by atoms with Crippen molar-refractivity contribution >= 4 is 34.4 Å². The van der Waals surface area contributed by atoms with Crippen LogP contribution >= 0.6 is 0 Å². The van der Waals surface area contributed by atoms with Crippen LogP contribution in [0.1, 0.15) is 28.3 Å². The number of para-hydroxylation sites is 2. The van der Waals surface area contributed by atoms with E-state index in [9.17, 15) is 14.7 Å². The summed E-state index contributed by atoms with van der Waals surface area (Å²) in [4.78, 5) is 39.7. The Morgan fingerprint density at radius 2 is 1.79 bits per heavy atom. The van der Waals surface area contributed by atoms with Crippen LogP contribution in [0, 0.1) is 13.8 Å². The van der Waals surface area contributed by atoms with E-state index in [1.807, 2.05) is 38.1 Å². The predicted octanol–water partition coefficient (Wildman–Crippen LogP) is 4.21. The van der Waals surface area contributed by atoms with Gasteiger partial charge in [-0.25, -0.2) is 4.98 Å². The van der Waals surface area contributed by atoms with Gasteiger partial charge in [0.05, 0.1) is 29.8 Å². The maximum Gasteiger partial charge on any atom is 0.302 e. The van der Waals surface area contributed by atoms with Crippen LogP contribution in [-0.2, 0) is 9.59 Å². The number of aromatic amines is 1. The van der Waals surface area contributed by atoms with E-state index in [-0.39, 0.29) is 17.3 Å². The summed E-state index contributed by atoms with van der Waals surface area (Å²) < 4.78 is 5.37. The van der Waals surface area contributed by atoms with Crippen LogP contribution < -0.4 is 9.64 Å². The molecule has 5 rings (SSSR count). The lowest BCUT2D eigenvalue weighted by Crippen LogP contribution is -2.30. The Balaban J connectivity index is 1.74. The molecule has 2 N–H and O–H groups in total. The maximum atomic E-state index is 13.3. The van der Waals surface area contributed by atoms with Gasteiger partial charge >= 0.3 is 5.91 Å². The zero-order chi connectivity index (χ0) is 24.0. The molecule has 1 aliphatic rings. The Morgan fingerprint density at radius 1 is 1.06 bits per heavy atom. The van der Waals surface area contributed by atoms with Gasteiger partial charge in [0.15, 0.2) is 0 Å². The topological polar surface area (TPSA) is 108 Å². The van der Waals surface area contributed by atoms with Gasteiger partial charge < -0.3 is 14.8 Å². The van der Waals surface area contributed by atoms with Crippen molar-refractivity contribution in [3.63, 3.8) is 0 Å². The van der Waals surface area contributed by atoms with E-state index in [0.29, 0.717) is 28.0 Å². The van der Waals surface area contributed by atoms with Crippen molar-refractivity contribution < 1.29 is 19.4 Å². The highest BCUT2D eigenvalue weighted by atomic mass is 16.5. The number of Topliss-reactive ketones (excluding diaryl/α,β-unsaturated/α-hetero) is 1. The molecule has 0 radical (unpaired) electrons. The fraction of sp³-hybridized carbons (Fsp3) is 0.154. The van der Waals surface area contributed by atoms with Crippen LogP contribution in [-0.4, -0.2) is 38.9 Å². The fourth-order valence-electron chi connectivity index (χ4n) is 4.38. The quantitative estimate of drug-likeness (QED) is 0.272. The lowest BCUT2D eigenvalue weighted by molar-refractivity contribution is -0.132. The molecule has 8 heteroatoms. The maximum absolute atomic E-state index is 13.3. The minimum Gasteiger partial charge on any atom is -0.507 e. The molecule has 2 aromatic heterocycles. The van der Waals surface area contributed by atoms with E-state index in [1.165, 1.54) is 4.90 Å². The molecule has 0 saturated carbocycles. The number of H-pyrrole nitrogens is 1. The van der Waals surface area contributed by atoms with Crippen LogP contribution in [0.25, 0.3) is 16.8 Å². The zero-order valence-electron chi connectivity index (χ0n) is 18.9. The third kappa shape index (κ3) is 3.31. The van der Waals surface area contributed by atoms with Crippen molar-refractivity contribution in [1.29, 1.82) is 0 Å². The number of aromatic nitrogens is 3. The average Bonchev–Trinajstić information content (AvgIpc) is 3.39. The minimum atomic E-state index is -0.884. The van der Waals surface area contributed by atoms with Gasteiger partial charge in [-0.1, -0.05) is 12.1 Å². The SMILES string of the molecule is COc1cc(C)c(/C(O)=C2\C(=O)C(=O)N(c3nc4ccccc4[nH]3)C2c2ccncc2)cc1C. The number of ether oxygens (including phenoxy) is 1. The third-order valence-electron chi connectivity index (χ3n) is 6.07. The molecular formula is C26H22N4O4. The summed E-state index contributed by atoms with van der Waals surface area (Å²) in [5, 5.41) is 11.4. The number of imidazole rings is 1. The average molecular weight is 454 g/mol. The van der Waals surface area contributed by atoms with Crippen LogP contribution in [0.3, 0.4) is 0 Å². The molecule has 3 heterocycles. The summed E-state index contributed by atoms with van der Waals surface area (Å²) in [6, 6.07) is 13.4. The fourth-order valence-corrected chi connectivity index (χ4v) is 4.38. The molecule has 2 aromatic carbocycles. The summed E-state index contributed by atoms with van der Waals surface area (Å²) >= 11 is 0. The van der Waals surface area contributed by atoms with E-state index in [2.05, 4.69) is 15.0 Å². The number of rotatable bonds is 4. The summed E-state index contributed by atoms with van der Waals surface area (Å²) in [5.74, 6) is -0.908. The smallest absolute Gasteiger partial charge is 0.302 e. The first-order chi connectivity index (χ1) is 16.4. The van der Waals surface area contributed by atoms with Crippen molar-refractivity contribution in [2.24, 2.45) is 0 Å². The Kier molecular flexibility index (Phi) is 5.13. The molecule has 1 fully saturated rings. The number of ketones is 1. The van der Waals surface area contributed by atoms with Gasteiger partial charge in [0.2, 0.25) is 5.95 Å². The van der Waals surface area contributed by atoms with Gasteiger partial charge in [-0.2, -0.15) is 0 Å². The number of aryl methyl sites for hydroxylation is 2. The number of carbonyl (C=O) groups excluding carboxylic acids is 2. The number of nitrogens with zero attached hydrogens (tertiary/aromatic N) is 3.